The van der Waals surface area contributed by atoms with Gasteiger partial charge in [0.05, 0.1) is 26.9 Å². The van der Waals surface area contributed by atoms with Crippen LogP contribution in [-0.2, 0) is 0 Å². The first-order chi connectivity index (χ1) is 12.0. The molecule has 0 aliphatic carbocycles. The van der Waals surface area contributed by atoms with Crippen LogP contribution in [-0.4, -0.2) is 40.2 Å². The van der Waals surface area contributed by atoms with Gasteiger partial charge in [0.25, 0.3) is 11.8 Å². The summed E-state index contributed by atoms with van der Waals surface area (Å²) in [6.45, 7) is 0. The predicted molar refractivity (Wildman–Crippen MR) is 93.9 cm³/mol. The van der Waals surface area contributed by atoms with Crippen molar-refractivity contribution >= 4 is 17.5 Å². The molecule has 0 bridgehead atoms. The zero-order chi connectivity index (χ0) is 18.4. The number of anilines is 1. The minimum atomic E-state index is -0.370. The van der Waals surface area contributed by atoms with E-state index in [1.807, 2.05) is 0 Å². The average molecular weight is 344 g/mol. The lowest BCUT2D eigenvalue weighted by Crippen LogP contribution is -2.18. The van der Waals surface area contributed by atoms with Crippen molar-refractivity contribution < 1.29 is 23.8 Å². The number of hydrogen-bond donors (Lipinski definition) is 2. The summed E-state index contributed by atoms with van der Waals surface area (Å²) in [5, 5.41) is 5.30. The van der Waals surface area contributed by atoms with Crippen molar-refractivity contribution in [3.8, 4) is 17.2 Å². The van der Waals surface area contributed by atoms with E-state index in [1.54, 1.807) is 43.4 Å². The van der Waals surface area contributed by atoms with Gasteiger partial charge >= 0.3 is 0 Å². The van der Waals surface area contributed by atoms with Crippen LogP contribution in [0.5, 0.6) is 17.2 Å². The second kappa shape index (κ2) is 8.05. The van der Waals surface area contributed by atoms with Crippen LogP contribution < -0.4 is 24.8 Å². The molecule has 2 aromatic rings. The monoisotopic (exact) mass is 344 g/mol. The van der Waals surface area contributed by atoms with Crippen LogP contribution in [0.15, 0.2) is 36.4 Å². The second-order valence-electron chi connectivity index (χ2n) is 5.02. The van der Waals surface area contributed by atoms with Gasteiger partial charge in [-0.3, -0.25) is 9.59 Å². The number of benzene rings is 2. The van der Waals surface area contributed by atoms with Crippen molar-refractivity contribution in [3.63, 3.8) is 0 Å². The number of carbonyl (C=O) groups is 2. The Bertz CT molecular complexity index is 772. The summed E-state index contributed by atoms with van der Waals surface area (Å²) in [6, 6.07) is 9.68. The lowest BCUT2D eigenvalue weighted by atomic mass is 10.1. The molecule has 7 heteroatoms. The van der Waals surface area contributed by atoms with Crippen molar-refractivity contribution in [1.29, 1.82) is 0 Å². The van der Waals surface area contributed by atoms with Gasteiger partial charge in [-0.05, 0) is 24.3 Å². The highest BCUT2D eigenvalue weighted by molar-refractivity contribution is 6.07. The van der Waals surface area contributed by atoms with Crippen molar-refractivity contribution in [2.75, 3.05) is 33.7 Å². The van der Waals surface area contributed by atoms with E-state index in [4.69, 9.17) is 14.2 Å². The van der Waals surface area contributed by atoms with Crippen molar-refractivity contribution in [1.82, 2.24) is 5.32 Å². The fourth-order valence-corrected chi connectivity index (χ4v) is 2.25. The third-order valence-corrected chi connectivity index (χ3v) is 3.58. The first-order valence-electron chi connectivity index (χ1n) is 7.47. The topological polar surface area (TPSA) is 85.9 Å². The molecule has 7 nitrogen and oxygen atoms in total. The van der Waals surface area contributed by atoms with Gasteiger partial charge in [-0.15, -0.1) is 0 Å². The molecule has 2 aromatic carbocycles. The lowest BCUT2D eigenvalue weighted by Gasteiger charge is -2.14. The van der Waals surface area contributed by atoms with Gasteiger partial charge in [0.1, 0.15) is 5.75 Å². The van der Waals surface area contributed by atoms with E-state index in [2.05, 4.69) is 10.6 Å². The third-order valence-electron chi connectivity index (χ3n) is 3.58. The van der Waals surface area contributed by atoms with Crippen molar-refractivity contribution in [2.45, 2.75) is 0 Å². The Morgan fingerprint density at radius 1 is 0.800 bits per heavy atom. The van der Waals surface area contributed by atoms with Crippen LogP contribution in [0.1, 0.15) is 20.7 Å². The lowest BCUT2D eigenvalue weighted by molar-refractivity contribution is 0.0962. The van der Waals surface area contributed by atoms with Crippen molar-refractivity contribution in [2.24, 2.45) is 0 Å². The molecular weight excluding hydrogens is 324 g/mol. The van der Waals surface area contributed by atoms with E-state index >= 15 is 0 Å². The second-order valence-corrected chi connectivity index (χ2v) is 5.02. The predicted octanol–water partition coefficient (Wildman–Crippen LogP) is 2.32. The third kappa shape index (κ3) is 4.00. The van der Waals surface area contributed by atoms with Crippen LogP contribution in [0, 0.1) is 0 Å². The Kier molecular flexibility index (Phi) is 5.84. The molecule has 0 spiro atoms. The normalized spacial score (nSPS) is 9.92. The van der Waals surface area contributed by atoms with Crippen LogP contribution in [0.2, 0.25) is 0 Å². The molecule has 0 unspecified atom stereocenters. The van der Waals surface area contributed by atoms with Gasteiger partial charge < -0.3 is 24.8 Å². The van der Waals surface area contributed by atoms with E-state index in [-0.39, 0.29) is 11.8 Å². The molecule has 0 atom stereocenters. The van der Waals surface area contributed by atoms with Crippen LogP contribution in [0.25, 0.3) is 0 Å². The van der Waals surface area contributed by atoms with Gasteiger partial charge in [-0.1, -0.05) is 0 Å². The summed E-state index contributed by atoms with van der Waals surface area (Å²) in [5.41, 5.74) is 1.36. The largest absolute Gasteiger partial charge is 0.496 e. The minimum Gasteiger partial charge on any atom is -0.496 e. The fraction of sp³-hybridized carbons (Fsp3) is 0.222. The highest BCUT2D eigenvalue weighted by Crippen LogP contribution is 2.34. The van der Waals surface area contributed by atoms with Gasteiger partial charge in [0, 0.05) is 30.4 Å². The summed E-state index contributed by atoms with van der Waals surface area (Å²) >= 11 is 0. The van der Waals surface area contributed by atoms with Gasteiger partial charge in [0.15, 0.2) is 11.5 Å². The van der Waals surface area contributed by atoms with Crippen LogP contribution >= 0.6 is 0 Å². The van der Waals surface area contributed by atoms with Crippen LogP contribution in [0.3, 0.4) is 0 Å². The molecule has 2 rings (SSSR count). The Hall–Kier alpha value is -3.22. The van der Waals surface area contributed by atoms with Gasteiger partial charge in [0.2, 0.25) is 0 Å². The maximum absolute atomic E-state index is 12.6. The number of ether oxygens (including phenoxy) is 3. The Labute approximate surface area is 145 Å². The smallest absolute Gasteiger partial charge is 0.259 e. The molecular formula is C18H20N2O5. The zero-order valence-electron chi connectivity index (χ0n) is 14.5. The summed E-state index contributed by atoms with van der Waals surface area (Å²) in [6.07, 6.45) is 0. The minimum absolute atomic E-state index is 0.195. The number of carbonyl (C=O) groups excluding carboxylic acids is 2. The van der Waals surface area contributed by atoms with E-state index in [9.17, 15) is 9.59 Å². The Morgan fingerprint density at radius 3 is 1.88 bits per heavy atom. The highest BCUT2D eigenvalue weighted by atomic mass is 16.5. The summed E-state index contributed by atoms with van der Waals surface area (Å²) in [7, 11) is 6.02. The number of nitrogens with one attached hydrogen (secondary N) is 2. The molecule has 0 aliphatic rings. The van der Waals surface area contributed by atoms with E-state index in [1.165, 1.54) is 21.3 Å². The summed E-state index contributed by atoms with van der Waals surface area (Å²) in [5.74, 6) is 0.677. The number of amides is 2. The Balaban J connectivity index is 2.27. The average Bonchev–Trinajstić information content (AvgIpc) is 2.66. The molecule has 0 aromatic heterocycles. The number of methoxy groups -OCH3 is 3. The Morgan fingerprint density at radius 2 is 1.36 bits per heavy atom. The zero-order valence-corrected chi connectivity index (χ0v) is 14.5. The molecule has 2 amide bonds. The quantitative estimate of drug-likeness (QED) is 0.840. The summed E-state index contributed by atoms with van der Waals surface area (Å²) < 4.78 is 15.7. The molecule has 0 aliphatic heterocycles. The van der Waals surface area contributed by atoms with Gasteiger partial charge in [-0.2, -0.15) is 0 Å². The van der Waals surface area contributed by atoms with Crippen LogP contribution in [0.4, 0.5) is 5.69 Å². The van der Waals surface area contributed by atoms with Crippen molar-refractivity contribution in [3.05, 3.63) is 47.5 Å². The molecule has 2 N–H and O–H groups in total. The SMILES string of the molecule is CNC(=O)c1ccc(NC(=O)c2cc(OC)c(OC)cc2OC)cc1. The maximum atomic E-state index is 12.6. The molecule has 25 heavy (non-hydrogen) atoms. The van der Waals surface area contributed by atoms with Gasteiger partial charge in [-0.25, -0.2) is 0 Å². The highest BCUT2D eigenvalue weighted by Gasteiger charge is 2.18. The molecule has 0 heterocycles. The number of rotatable bonds is 6. The molecule has 132 valence electrons. The van der Waals surface area contributed by atoms with E-state index < -0.39 is 0 Å². The van der Waals surface area contributed by atoms with E-state index in [0.29, 0.717) is 34.1 Å². The molecule has 0 saturated heterocycles. The van der Waals surface area contributed by atoms with E-state index in [0.717, 1.165) is 0 Å². The summed E-state index contributed by atoms with van der Waals surface area (Å²) in [4.78, 5) is 24.1. The number of hydrogen-bond acceptors (Lipinski definition) is 5. The fourth-order valence-electron chi connectivity index (χ4n) is 2.25. The molecule has 0 radical (unpaired) electrons. The maximum Gasteiger partial charge on any atom is 0.259 e. The standard InChI is InChI=1S/C18H20N2O5/c1-19-17(21)11-5-7-12(8-6-11)20-18(22)13-9-15(24-3)16(25-4)10-14(13)23-2/h5-10H,1-4H3,(H,19,21)(H,20,22). The first-order valence-corrected chi connectivity index (χ1v) is 7.47. The first kappa shape index (κ1) is 18.1. The molecule has 0 fully saturated rings. The molecule has 0 saturated carbocycles.